The smallest absolute Gasteiger partial charge is 0.163 e. The van der Waals surface area contributed by atoms with Gasteiger partial charge in [0.1, 0.15) is 11.0 Å². The highest BCUT2D eigenvalue weighted by molar-refractivity contribution is 6.39. The molecule has 2 N–H and O–H groups in total. The molecule has 0 unspecified atom stereocenters. The SMILES string of the molecule is Nc1nc2nc(Cl)ccc2cc1-c1c(Cl)cccc1Cl. The van der Waals surface area contributed by atoms with E-state index < -0.39 is 0 Å². The number of rotatable bonds is 1. The van der Waals surface area contributed by atoms with E-state index in [1.807, 2.05) is 12.1 Å². The quantitative estimate of drug-likeness (QED) is 0.652. The number of halogens is 3. The summed E-state index contributed by atoms with van der Waals surface area (Å²) in [6, 6.07) is 10.7. The van der Waals surface area contributed by atoms with Crippen LogP contribution >= 0.6 is 34.8 Å². The lowest BCUT2D eigenvalue weighted by Crippen LogP contribution is -1.97. The highest BCUT2D eigenvalue weighted by atomic mass is 35.5. The number of nitrogen functional groups attached to an aromatic ring is 1. The van der Waals surface area contributed by atoms with E-state index in [2.05, 4.69) is 9.97 Å². The minimum absolute atomic E-state index is 0.308. The first-order valence-corrected chi connectivity index (χ1v) is 6.87. The Morgan fingerprint density at radius 3 is 2.30 bits per heavy atom. The van der Waals surface area contributed by atoms with Crippen molar-refractivity contribution in [3.05, 3.63) is 51.6 Å². The number of anilines is 1. The van der Waals surface area contributed by atoms with Gasteiger partial charge in [-0.05, 0) is 30.3 Å². The van der Waals surface area contributed by atoms with Gasteiger partial charge in [0, 0.05) is 16.5 Å². The molecule has 0 aliphatic rings. The van der Waals surface area contributed by atoms with Crippen molar-refractivity contribution < 1.29 is 0 Å². The van der Waals surface area contributed by atoms with Crippen molar-refractivity contribution in [1.82, 2.24) is 9.97 Å². The number of benzene rings is 1. The summed E-state index contributed by atoms with van der Waals surface area (Å²) in [7, 11) is 0. The molecule has 0 bridgehead atoms. The van der Waals surface area contributed by atoms with Gasteiger partial charge in [-0.25, -0.2) is 9.97 Å². The predicted octanol–water partition coefficient (Wildman–Crippen LogP) is 4.84. The molecule has 0 fully saturated rings. The average molecular weight is 325 g/mol. The monoisotopic (exact) mass is 323 g/mol. The third-order valence-corrected chi connectivity index (χ3v) is 3.75. The molecule has 0 atom stereocenters. The van der Waals surface area contributed by atoms with Crippen LogP contribution in [0.4, 0.5) is 5.82 Å². The van der Waals surface area contributed by atoms with Gasteiger partial charge in [0.15, 0.2) is 5.65 Å². The van der Waals surface area contributed by atoms with Crippen LogP contribution in [-0.4, -0.2) is 9.97 Å². The minimum Gasteiger partial charge on any atom is -0.383 e. The average Bonchev–Trinajstić information content (AvgIpc) is 2.39. The summed E-state index contributed by atoms with van der Waals surface area (Å²) in [5.74, 6) is 0.308. The molecular weight excluding hydrogens is 317 g/mol. The highest BCUT2D eigenvalue weighted by Gasteiger charge is 2.13. The Balaban J connectivity index is 2.32. The fraction of sp³-hybridized carbons (Fsp3) is 0. The Kier molecular flexibility index (Phi) is 3.42. The molecule has 100 valence electrons. The molecule has 0 saturated carbocycles. The van der Waals surface area contributed by atoms with Crippen LogP contribution in [0, 0.1) is 0 Å². The van der Waals surface area contributed by atoms with Crippen molar-refractivity contribution in [2.45, 2.75) is 0 Å². The molecule has 0 spiro atoms. The van der Waals surface area contributed by atoms with Gasteiger partial charge in [0.25, 0.3) is 0 Å². The summed E-state index contributed by atoms with van der Waals surface area (Å²) in [6.07, 6.45) is 0. The van der Waals surface area contributed by atoms with Gasteiger partial charge in [-0.2, -0.15) is 0 Å². The van der Waals surface area contributed by atoms with E-state index in [9.17, 15) is 0 Å². The van der Waals surface area contributed by atoms with Crippen LogP contribution in [-0.2, 0) is 0 Å². The Morgan fingerprint density at radius 1 is 0.900 bits per heavy atom. The number of pyridine rings is 2. The van der Waals surface area contributed by atoms with E-state index >= 15 is 0 Å². The van der Waals surface area contributed by atoms with E-state index in [4.69, 9.17) is 40.5 Å². The minimum atomic E-state index is 0.308. The lowest BCUT2D eigenvalue weighted by molar-refractivity contribution is 1.29. The van der Waals surface area contributed by atoms with Crippen molar-refractivity contribution in [3.8, 4) is 11.1 Å². The van der Waals surface area contributed by atoms with Crippen LogP contribution in [0.3, 0.4) is 0 Å². The molecular formula is C14H8Cl3N3. The fourth-order valence-corrected chi connectivity index (χ4v) is 2.74. The topological polar surface area (TPSA) is 51.8 Å². The maximum absolute atomic E-state index is 6.21. The molecule has 2 aromatic heterocycles. The van der Waals surface area contributed by atoms with Gasteiger partial charge < -0.3 is 5.73 Å². The molecule has 0 aliphatic heterocycles. The molecule has 20 heavy (non-hydrogen) atoms. The van der Waals surface area contributed by atoms with Crippen molar-refractivity contribution in [2.75, 3.05) is 5.73 Å². The number of hydrogen-bond acceptors (Lipinski definition) is 3. The van der Waals surface area contributed by atoms with Gasteiger partial charge >= 0.3 is 0 Å². The first-order valence-electron chi connectivity index (χ1n) is 5.73. The Hall–Kier alpha value is -1.55. The summed E-state index contributed by atoms with van der Waals surface area (Å²) < 4.78 is 0. The Bertz CT molecular complexity index is 798. The van der Waals surface area contributed by atoms with E-state index in [1.165, 1.54) is 0 Å². The second-order valence-corrected chi connectivity index (χ2v) is 5.40. The standard InChI is InChI=1S/C14H8Cl3N3/c15-9-2-1-3-10(16)12(9)8-6-7-4-5-11(17)19-14(7)20-13(8)18/h1-6H,(H2,18,19,20). The first-order chi connectivity index (χ1) is 9.56. The molecule has 3 nitrogen and oxygen atoms in total. The van der Waals surface area contributed by atoms with Crippen molar-refractivity contribution in [1.29, 1.82) is 0 Å². The van der Waals surface area contributed by atoms with Gasteiger partial charge in [0.2, 0.25) is 0 Å². The number of aromatic nitrogens is 2. The molecule has 0 radical (unpaired) electrons. The van der Waals surface area contributed by atoms with Gasteiger partial charge in [-0.1, -0.05) is 40.9 Å². The van der Waals surface area contributed by atoms with E-state index in [1.54, 1.807) is 24.3 Å². The third-order valence-electron chi connectivity index (χ3n) is 2.91. The zero-order valence-electron chi connectivity index (χ0n) is 10.1. The second-order valence-electron chi connectivity index (χ2n) is 4.20. The molecule has 6 heteroatoms. The summed E-state index contributed by atoms with van der Waals surface area (Å²) in [5.41, 5.74) is 7.83. The normalized spacial score (nSPS) is 10.9. The van der Waals surface area contributed by atoms with Crippen LogP contribution in [0.25, 0.3) is 22.2 Å². The largest absolute Gasteiger partial charge is 0.383 e. The number of hydrogen-bond donors (Lipinski definition) is 1. The summed E-state index contributed by atoms with van der Waals surface area (Å²) >= 11 is 18.3. The molecule has 3 aromatic rings. The van der Waals surface area contributed by atoms with Crippen molar-refractivity contribution >= 4 is 51.7 Å². The van der Waals surface area contributed by atoms with Crippen molar-refractivity contribution in [3.63, 3.8) is 0 Å². The van der Waals surface area contributed by atoms with Crippen LogP contribution < -0.4 is 5.73 Å². The van der Waals surface area contributed by atoms with Crippen molar-refractivity contribution in [2.24, 2.45) is 0 Å². The maximum atomic E-state index is 6.21. The fourth-order valence-electron chi connectivity index (χ4n) is 2.00. The number of nitrogens with zero attached hydrogens (tertiary/aromatic N) is 2. The van der Waals surface area contributed by atoms with Gasteiger partial charge in [0.05, 0.1) is 10.0 Å². The third kappa shape index (κ3) is 2.29. The van der Waals surface area contributed by atoms with Gasteiger partial charge in [-0.15, -0.1) is 0 Å². The van der Waals surface area contributed by atoms with Crippen LogP contribution in [0.15, 0.2) is 36.4 Å². The lowest BCUT2D eigenvalue weighted by Gasteiger charge is -2.10. The summed E-state index contributed by atoms with van der Waals surface area (Å²) in [4.78, 5) is 8.38. The summed E-state index contributed by atoms with van der Waals surface area (Å²) in [6.45, 7) is 0. The van der Waals surface area contributed by atoms with Crippen LogP contribution in [0.1, 0.15) is 0 Å². The molecule has 2 heterocycles. The molecule has 3 rings (SSSR count). The van der Waals surface area contributed by atoms with E-state index in [0.29, 0.717) is 37.8 Å². The highest BCUT2D eigenvalue weighted by Crippen LogP contribution is 2.38. The number of nitrogens with two attached hydrogens (primary N) is 1. The second kappa shape index (κ2) is 5.09. The molecule has 0 saturated heterocycles. The Morgan fingerprint density at radius 2 is 1.60 bits per heavy atom. The van der Waals surface area contributed by atoms with Crippen LogP contribution in [0.5, 0.6) is 0 Å². The molecule has 1 aromatic carbocycles. The number of fused-ring (bicyclic) bond motifs is 1. The molecule has 0 aliphatic carbocycles. The van der Waals surface area contributed by atoms with Gasteiger partial charge in [-0.3, -0.25) is 0 Å². The lowest BCUT2D eigenvalue weighted by atomic mass is 10.0. The predicted molar refractivity (Wildman–Crippen MR) is 84.4 cm³/mol. The van der Waals surface area contributed by atoms with E-state index in [-0.39, 0.29) is 0 Å². The zero-order valence-corrected chi connectivity index (χ0v) is 12.3. The summed E-state index contributed by atoms with van der Waals surface area (Å²) in [5, 5.41) is 2.22. The van der Waals surface area contributed by atoms with E-state index in [0.717, 1.165) is 5.39 Å². The zero-order chi connectivity index (χ0) is 14.3. The maximum Gasteiger partial charge on any atom is 0.163 e. The van der Waals surface area contributed by atoms with Crippen LogP contribution in [0.2, 0.25) is 15.2 Å². The molecule has 0 amide bonds. The first kappa shape index (κ1) is 13.4. The Labute approximate surface area is 130 Å².